The van der Waals surface area contributed by atoms with Gasteiger partial charge in [0.05, 0.1) is 31.8 Å². The van der Waals surface area contributed by atoms with Crippen molar-refractivity contribution in [2.45, 2.75) is 156 Å². The van der Waals surface area contributed by atoms with Crippen LogP contribution in [-0.4, -0.2) is 102 Å². The molecule has 0 bridgehead atoms. The summed E-state index contributed by atoms with van der Waals surface area (Å²) >= 11 is 0. The lowest BCUT2D eigenvalue weighted by molar-refractivity contribution is -0.158. The van der Waals surface area contributed by atoms with Crippen LogP contribution in [0.15, 0.2) is 54.6 Å². The maximum atomic E-state index is 13.1. The van der Waals surface area contributed by atoms with Gasteiger partial charge in [-0.2, -0.15) is 0 Å². The number of nitrogens with one attached hydrogen (secondary N) is 4. The number of aryl methyl sites for hydroxylation is 1. The summed E-state index contributed by atoms with van der Waals surface area (Å²) in [6.45, 7) is 14.0. The maximum Gasteiger partial charge on any atom is 0.333 e. The number of ether oxygens (including phenoxy) is 2. The van der Waals surface area contributed by atoms with Gasteiger partial charge in [-0.3, -0.25) is 28.8 Å². The molecule has 1 aliphatic carbocycles. The summed E-state index contributed by atoms with van der Waals surface area (Å²) in [7, 11) is 0. The number of rotatable bonds is 22. The lowest BCUT2D eigenvalue weighted by atomic mass is 10.0. The third-order valence-corrected chi connectivity index (χ3v) is 9.60. The Morgan fingerprint density at radius 3 is 1.98 bits per heavy atom. The van der Waals surface area contributed by atoms with E-state index in [4.69, 9.17) is 14.6 Å². The van der Waals surface area contributed by atoms with Crippen LogP contribution >= 0.6 is 0 Å². The van der Waals surface area contributed by atoms with E-state index in [0.717, 1.165) is 12.2 Å². The number of hydrogen-bond donors (Lipinski definition) is 5. The largest absolute Gasteiger partial charge is 0.493 e. The Balaban J connectivity index is 0.000000775. The van der Waals surface area contributed by atoms with Crippen LogP contribution in [-0.2, 0) is 44.7 Å². The highest BCUT2D eigenvalue weighted by atomic mass is 16.6. The van der Waals surface area contributed by atoms with Crippen molar-refractivity contribution in [1.29, 1.82) is 0 Å². The third kappa shape index (κ3) is 22.5. The number of carbonyl (C=O) groups excluding carboxylic acids is 7. The molecule has 1 saturated carbocycles. The number of likely N-dealkylation sites (N-methyl/N-ethyl adjacent to an activating group) is 1. The number of nitrogens with zero attached hydrogens (tertiary/aromatic N) is 1. The van der Waals surface area contributed by atoms with E-state index in [1.165, 1.54) is 49.0 Å². The van der Waals surface area contributed by atoms with Crippen LogP contribution in [0.25, 0.3) is 0 Å². The normalized spacial score (nSPS) is 14.0. The second-order valence-corrected chi connectivity index (χ2v) is 16.1. The van der Waals surface area contributed by atoms with Gasteiger partial charge in [0.2, 0.25) is 29.9 Å². The fourth-order valence-corrected chi connectivity index (χ4v) is 6.34. The zero-order chi connectivity index (χ0) is 46.5. The number of ketones is 1. The average molecular weight is 868 g/mol. The van der Waals surface area contributed by atoms with Crippen LogP contribution < -0.4 is 26.0 Å². The van der Waals surface area contributed by atoms with Crippen molar-refractivity contribution in [2.24, 2.45) is 0 Å². The molecule has 0 saturated heterocycles. The molecule has 4 atom stereocenters. The number of aliphatic hydroxyl groups is 1. The molecule has 0 spiro atoms. The summed E-state index contributed by atoms with van der Waals surface area (Å²) in [4.78, 5) is 88.5. The van der Waals surface area contributed by atoms with E-state index in [-0.39, 0.29) is 32.0 Å². The van der Waals surface area contributed by atoms with Crippen LogP contribution in [0.3, 0.4) is 0 Å². The molecular formula is C47H73N5O10. The average Bonchev–Trinajstić information content (AvgIpc) is 3.25. The lowest BCUT2D eigenvalue weighted by Gasteiger charge is -2.30. The number of amides is 5. The van der Waals surface area contributed by atoms with E-state index in [0.29, 0.717) is 31.4 Å². The fraction of sp³-hybridized carbons (Fsp3) is 0.596. The standard InChI is InChI=1S/C29H43N5O8.C12H18O2.C6H12/c1-7-13-20(32-26(39)21(8-2)34(9-3)23(37)17-30-18-35)25(38)27(40)31-16-22(36)33-24(19-14-11-10-12-15-19)28(41)42-29(4,5)6;1-3-11-5-4-6-12(9-11)14-8-7-10(2)13;1-2-4-6-5-3-1/h10-12,14-15,18,20-21,24H,7-9,13,16-17H2,1-6H3,(H,30,35)(H,31,40)(H,32,39)(H,33,36);4-6,9-10,13H,3,7-8H2,1-2H3;1-6H2. The van der Waals surface area contributed by atoms with Crippen molar-refractivity contribution in [2.75, 3.05) is 26.2 Å². The molecule has 2 aromatic rings. The van der Waals surface area contributed by atoms with Crippen LogP contribution in [0.1, 0.15) is 137 Å². The molecule has 2 aromatic carbocycles. The summed E-state index contributed by atoms with van der Waals surface area (Å²) in [5.41, 5.74) is 0.943. The van der Waals surface area contributed by atoms with Gasteiger partial charge in [0.25, 0.3) is 5.91 Å². The smallest absolute Gasteiger partial charge is 0.333 e. The molecule has 0 aliphatic heterocycles. The number of Topliss-reactive ketones (excluding diaryl/α,β-unsaturated/α-hetero) is 1. The van der Waals surface area contributed by atoms with Crippen molar-refractivity contribution >= 4 is 41.8 Å². The van der Waals surface area contributed by atoms with Gasteiger partial charge in [-0.25, -0.2) is 4.79 Å². The van der Waals surface area contributed by atoms with Crippen molar-refractivity contribution in [3.05, 3.63) is 65.7 Å². The highest BCUT2D eigenvalue weighted by Crippen LogP contribution is 2.19. The lowest BCUT2D eigenvalue weighted by Crippen LogP contribution is -2.56. The Kier molecular flexibility index (Phi) is 27.1. The summed E-state index contributed by atoms with van der Waals surface area (Å²) in [6, 6.07) is 13.2. The number of esters is 1. The van der Waals surface area contributed by atoms with Gasteiger partial charge in [-0.1, -0.05) is 108 Å². The molecule has 62 heavy (non-hydrogen) atoms. The van der Waals surface area contributed by atoms with Gasteiger partial charge in [0.15, 0.2) is 6.04 Å². The second-order valence-electron chi connectivity index (χ2n) is 16.1. The van der Waals surface area contributed by atoms with Gasteiger partial charge >= 0.3 is 5.97 Å². The number of benzene rings is 2. The van der Waals surface area contributed by atoms with Crippen LogP contribution in [0.2, 0.25) is 0 Å². The molecule has 1 aliphatic rings. The van der Waals surface area contributed by atoms with E-state index >= 15 is 0 Å². The van der Waals surface area contributed by atoms with Crippen LogP contribution in [0, 0.1) is 0 Å². The number of carbonyl (C=O) groups is 7. The first-order valence-corrected chi connectivity index (χ1v) is 22.1. The predicted octanol–water partition coefficient (Wildman–Crippen LogP) is 5.27. The van der Waals surface area contributed by atoms with Gasteiger partial charge in [-0.15, -0.1) is 0 Å². The molecular weight excluding hydrogens is 795 g/mol. The molecule has 5 N–H and O–H groups in total. The minimum atomic E-state index is -1.19. The zero-order valence-corrected chi connectivity index (χ0v) is 38.3. The molecule has 346 valence electrons. The van der Waals surface area contributed by atoms with Gasteiger partial charge in [-0.05, 0) is 77.1 Å². The van der Waals surface area contributed by atoms with E-state index in [2.05, 4.69) is 34.3 Å². The fourth-order valence-electron chi connectivity index (χ4n) is 6.34. The topological polar surface area (TPSA) is 210 Å². The Morgan fingerprint density at radius 1 is 0.839 bits per heavy atom. The van der Waals surface area contributed by atoms with Gasteiger partial charge in [0.1, 0.15) is 17.4 Å². The van der Waals surface area contributed by atoms with Crippen molar-refractivity contribution in [3.63, 3.8) is 0 Å². The minimum absolute atomic E-state index is 0.141. The van der Waals surface area contributed by atoms with Crippen LogP contribution in [0.5, 0.6) is 5.75 Å². The van der Waals surface area contributed by atoms with Crippen LogP contribution in [0.4, 0.5) is 0 Å². The maximum absolute atomic E-state index is 13.1. The minimum Gasteiger partial charge on any atom is -0.493 e. The Hall–Kier alpha value is -5.31. The molecule has 15 heteroatoms. The van der Waals surface area contributed by atoms with Crippen molar-refractivity contribution in [1.82, 2.24) is 26.2 Å². The third-order valence-electron chi connectivity index (χ3n) is 9.60. The van der Waals surface area contributed by atoms with Gasteiger partial charge in [0, 0.05) is 13.0 Å². The van der Waals surface area contributed by atoms with E-state index in [1.54, 1.807) is 78.8 Å². The first-order valence-electron chi connectivity index (χ1n) is 22.1. The number of hydrogen-bond acceptors (Lipinski definition) is 10. The Labute approximate surface area is 368 Å². The monoisotopic (exact) mass is 868 g/mol. The molecule has 3 rings (SSSR count). The quantitative estimate of drug-likeness (QED) is 0.0589. The first kappa shape index (κ1) is 54.7. The molecule has 1 fully saturated rings. The SMILES string of the molecule is C1CCCCC1.CCCC(NC(=O)C(CC)N(CC)C(=O)CNC=O)C(=O)C(=O)NCC(=O)NC(C(=O)OC(C)(C)C)c1ccccc1.CCc1cccc(OCCC(C)O)c1. The molecule has 0 aromatic heterocycles. The predicted molar refractivity (Wildman–Crippen MR) is 239 cm³/mol. The highest BCUT2D eigenvalue weighted by Gasteiger charge is 2.33. The molecule has 15 nitrogen and oxygen atoms in total. The molecule has 5 amide bonds. The van der Waals surface area contributed by atoms with E-state index in [9.17, 15) is 33.6 Å². The second kappa shape index (κ2) is 30.7. The zero-order valence-electron chi connectivity index (χ0n) is 38.3. The highest BCUT2D eigenvalue weighted by molar-refractivity contribution is 6.38. The van der Waals surface area contributed by atoms with E-state index in [1.807, 2.05) is 18.2 Å². The Bertz CT molecular complexity index is 1650. The van der Waals surface area contributed by atoms with Crippen molar-refractivity contribution < 1.29 is 48.1 Å². The molecule has 0 heterocycles. The summed E-state index contributed by atoms with van der Waals surface area (Å²) in [5.74, 6) is -3.69. The van der Waals surface area contributed by atoms with Crippen molar-refractivity contribution in [3.8, 4) is 5.75 Å². The number of aliphatic hydroxyl groups excluding tert-OH is 1. The summed E-state index contributed by atoms with van der Waals surface area (Å²) < 4.78 is 10.9. The summed E-state index contributed by atoms with van der Waals surface area (Å²) in [5, 5.41) is 18.7. The van der Waals surface area contributed by atoms with E-state index < -0.39 is 65.7 Å². The Morgan fingerprint density at radius 2 is 1.47 bits per heavy atom. The molecule has 4 unspecified atom stereocenters. The van der Waals surface area contributed by atoms with Gasteiger partial charge < -0.3 is 40.7 Å². The summed E-state index contributed by atoms with van der Waals surface area (Å²) in [6.07, 6.45) is 11.6. The first-order chi connectivity index (χ1) is 29.5. The molecule has 0 radical (unpaired) electrons.